The van der Waals surface area contributed by atoms with Crippen LogP contribution in [0.1, 0.15) is 73.3 Å². The highest BCUT2D eigenvalue weighted by atomic mass is 16.1. The molecule has 1 atom stereocenters. The van der Waals surface area contributed by atoms with Crippen LogP contribution in [0.15, 0.2) is 30.3 Å². The molecule has 6 heteroatoms. The summed E-state index contributed by atoms with van der Waals surface area (Å²) in [5.41, 5.74) is 7.67. The largest absolute Gasteiger partial charge is 0.351 e. The van der Waals surface area contributed by atoms with E-state index in [1.807, 2.05) is 32.2 Å². The molecular weight excluding hydrogens is 410 g/mol. The van der Waals surface area contributed by atoms with Gasteiger partial charge in [0.2, 0.25) is 5.91 Å². The lowest BCUT2D eigenvalue weighted by Gasteiger charge is -2.20. The number of amides is 1. The molecule has 1 saturated heterocycles. The van der Waals surface area contributed by atoms with Gasteiger partial charge in [0.25, 0.3) is 0 Å². The molecule has 4 rings (SSSR count). The van der Waals surface area contributed by atoms with Gasteiger partial charge in [-0.2, -0.15) is 5.10 Å². The number of carbonyl (C=O) groups is 1. The van der Waals surface area contributed by atoms with Gasteiger partial charge in [0.1, 0.15) is 0 Å². The van der Waals surface area contributed by atoms with Crippen molar-refractivity contribution < 1.29 is 4.79 Å². The minimum Gasteiger partial charge on any atom is -0.351 e. The molecular formula is C27H37N5O. The molecule has 6 nitrogen and oxygen atoms in total. The molecule has 0 unspecified atom stereocenters. The summed E-state index contributed by atoms with van der Waals surface area (Å²) in [6.07, 6.45) is 2.25. The molecule has 2 aromatic heterocycles. The second-order valence-electron chi connectivity index (χ2n) is 10.6. The zero-order valence-corrected chi connectivity index (χ0v) is 20.9. The number of hydrogen-bond donors (Lipinski definition) is 1. The molecule has 1 aliphatic heterocycles. The lowest BCUT2D eigenvalue weighted by molar-refractivity contribution is -0.122. The normalized spacial score (nSPS) is 17.1. The predicted octanol–water partition coefficient (Wildman–Crippen LogP) is 4.49. The summed E-state index contributed by atoms with van der Waals surface area (Å²) in [7, 11) is 0. The molecule has 0 spiro atoms. The molecule has 3 aromatic rings. The van der Waals surface area contributed by atoms with E-state index in [0.29, 0.717) is 18.8 Å². The minimum atomic E-state index is -0.213. The van der Waals surface area contributed by atoms with E-state index in [1.54, 1.807) is 0 Å². The Labute approximate surface area is 197 Å². The minimum absolute atomic E-state index is 0.0715. The molecule has 1 fully saturated rings. The summed E-state index contributed by atoms with van der Waals surface area (Å²) < 4.78 is 1.97. The predicted molar refractivity (Wildman–Crippen MR) is 132 cm³/mol. The van der Waals surface area contributed by atoms with Crippen molar-refractivity contribution in [1.82, 2.24) is 24.8 Å². The highest BCUT2D eigenvalue weighted by Crippen LogP contribution is 2.29. The zero-order valence-electron chi connectivity index (χ0n) is 20.9. The van der Waals surface area contributed by atoms with Crippen LogP contribution in [0.3, 0.4) is 0 Å². The van der Waals surface area contributed by atoms with Crippen LogP contribution in [0, 0.1) is 20.8 Å². The number of nitrogens with zero attached hydrogens (tertiary/aromatic N) is 4. The number of rotatable bonds is 6. The first kappa shape index (κ1) is 23.4. The average Bonchev–Trinajstić information content (AvgIpc) is 3.35. The summed E-state index contributed by atoms with van der Waals surface area (Å²) in [5, 5.41) is 8.01. The molecule has 1 N–H and O–H groups in total. The summed E-state index contributed by atoms with van der Waals surface area (Å²) in [6, 6.07) is 11.0. The Morgan fingerprint density at radius 1 is 1.15 bits per heavy atom. The van der Waals surface area contributed by atoms with E-state index in [0.717, 1.165) is 54.3 Å². The fraction of sp³-hybridized carbons (Fsp3) is 0.519. The third-order valence-corrected chi connectivity index (χ3v) is 6.52. The van der Waals surface area contributed by atoms with Gasteiger partial charge in [-0.25, -0.2) is 9.50 Å². The molecule has 1 aromatic carbocycles. The first-order chi connectivity index (χ1) is 15.6. The van der Waals surface area contributed by atoms with Crippen LogP contribution >= 0.6 is 0 Å². The van der Waals surface area contributed by atoms with E-state index >= 15 is 0 Å². The van der Waals surface area contributed by atoms with Gasteiger partial charge in [0.05, 0.1) is 5.69 Å². The highest BCUT2D eigenvalue weighted by Gasteiger charge is 2.27. The van der Waals surface area contributed by atoms with Crippen molar-refractivity contribution in [3.63, 3.8) is 0 Å². The van der Waals surface area contributed by atoms with E-state index in [1.165, 1.54) is 11.1 Å². The van der Waals surface area contributed by atoms with Crippen molar-refractivity contribution in [2.24, 2.45) is 0 Å². The van der Waals surface area contributed by atoms with Crippen LogP contribution in [-0.2, 0) is 17.8 Å². The van der Waals surface area contributed by atoms with E-state index < -0.39 is 0 Å². The average molecular weight is 448 g/mol. The van der Waals surface area contributed by atoms with Crippen LogP contribution < -0.4 is 5.32 Å². The Morgan fingerprint density at radius 2 is 1.88 bits per heavy atom. The van der Waals surface area contributed by atoms with E-state index in [2.05, 4.69) is 54.4 Å². The summed E-state index contributed by atoms with van der Waals surface area (Å²) in [4.78, 5) is 19.7. The quantitative estimate of drug-likeness (QED) is 0.605. The van der Waals surface area contributed by atoms with Crippen LogP contribution in [0.4, 0.5) is 0 Å². The Hall–Kier alpha value is -2.73. The summed E-state index contributed by atoms with van der Waals surface area (Å²) >= 11 is 0. The van der Waals surface area contributed by atoms with Crippen LogP contribution in [0.2, 0.25) is 0 Å². The number of aryl methyl sites for hydroxylation is 3. The number of carbonyl (C=O) groups excluding carboxylic acids is 1. The third-order valence-electron chi connectivity index (χ3n) is 6.52. The van der Waals surface area contributed by atoms with Crippen molar-refractivity contribution in [2.45, 2.75) is 78.8 Å². The van der Waals surface area contributed by atoms with E-state index in [-0.39, 0.29) is 11.4 Å². The monoisotopic (exact) mass is 447 g/mol. The Morgan fingerprint density at radius 3 is 2.58 bits per heavy atom. The van der Waals surface area contributed by atoms with Crippen molar-refractivity contribution in [2.75, 3.05) is 13.1 Å². The lowest BCUT2D eigenvalue weighted by Crippen LogP contribution is -2.40. The second kappa shape index (κ2) is 9.26. The van der Waals surface area contributed by atoms with E-state index in [4.69, 9.17) is 10.1 Å². The fourth-order valence-corrected chi connectivity index (χ4v) is 4.79. The number of fused-ring (bicyclic) bond motifs is 1. The number of hydrogen-bond acceptors (Lipinski definition) is 4. The Bertz CT molecular complexity index is 1140. The summed E-state index contributed by atoms with van der Waals surface area (Å²) in [6.45, 7) is 15.4. The van der Waals surface area contributed by atoms with Gasteiger partial charge in [-0.3, -0.25) is 9.69 Å². The van der Waals surface area contributed by atoms with Crippen LogP contribution in [0.5, 0.6) is 0 Å². The first-order valence-electron chi connectivity index (χ1n) is 12.0. The first-order valence-corrected chi connectivity index (χ1v) is 12.0. The Balaban J connectivity index is 1.46. The van der Waals surface area contributed by atoms with Crippen molar-refractivity contribution >= 4 is 11.6 Å². The highest BCUT2D eigenvalue weighted by molar-refractivity contribution is 5.77. The molecule has 0 aliphatic carbocycles. The standard InChI is InChI=1S/C27H37N5O/c1-18-7-9-21(10-8-18)16-31-14-13-22(17-31)24-15-25-28-19(2)23(20(3)32(25)30-24)11-12-26(33)29-27(4,5)6/h7-10,15,22H,11-14,16-17H2,1-6H3,(H,29,33)/t22-/m1/s1. The van der Waals surface area contributed by atoms with Gasteiger partial charge in [0, 0.05) is 48.4 Å². The molecule has 176 valence electrons. The maximum Gasteiger partial charge on any atom is 0.220 e. The van der Waals surface area contributed by atoms with Crippen molar-refractivity contribution in [3.8, 4) is 0 Å². The van der Waals surface area contributed by atoms with Gasteiger partial charge in [-0.1, -0.05) is 29.8 Å². The molecule has 1 amide bonds. The molecule has 0 saturated carbocycles. The van der Waals surface area contributed by atoms with Gasteiger partial charge in [-0.15, -0.1) is 0 Å². The van der Waals surface area contributed by atoms with E-state index in [9.17, 15) is 4.79 Å². The van der Waals surface area contributed by atoms with Gasteiger partial charge < -0.3 is 5.32 Å². The van der Waals surface area contributed by atoms with Crippen molar-refractivity contribution in [1.29, 1.82) is 0 Å². The summed E-state index contributed by atoms with van der Waals surface area (Å²) in [5.74, 6) is 0.500. The van der Waals surface area contributed by atoms with Crippen LogP contribution in [0.25, 0.3) is 5.65 Å². The number of likely N-dealkylation sites (tertiary alicyclic amines) is 1. The number of nitrogens with one attached hydrogen (secondary N) is 1. The van der Waals surface area contributed by atoms with Crippen LogP contribution in [-0.4, -0.2) is 44.0 Å². The molecule has 0 radical (unpaired) electrons. The SMILES string of the molecule is Cc1ccc(CN2CC[C@@H](c3cc4nc(C)c(CCC(=O)NC(C)(C)C)c(C)n4n3)C2)cc1. The zero-order chi connectivity index (χ0) is 23.8. The molecule has 3 heterocycles. The number of aromatic nitrogens is 3. The molecule has 0 bridgehead atoms. The maximum atomic E-state index is 12.3. The fourth-order valence-electron chi connectivity index (χ4n) is 4.79. The number of benzene rings is 1. The van der Waals surface area contributed by atoms with Gasteiger partial charge in [0.15, 0.2) is 5.65 Å². The second-order valence-corrected chi connectivity index (χ2v) is 10.6. The smallest absolute Gasteiger partial charge is 0.220 e. The Kier molecular flexibility index (Phi) is 6.57. The van der Waals surface area contributed by atoms with Gasteiger partial charge >= 0.3 is 0 Å². The lowest BCUT2D eigenvalue weighted by atomic mass is 10.0. The molecule has 33 heavy (non-hydrogen) atoms. The van der Waals surface area contributed by atoms with Crippen molar-refractivity contribution in [3.05, 3.63) is 64.1 Å². The topological polar surface area (TPSA) is 62.5 Å². The molecule has 1 aliphatic rings. The van der Waals surface area contributed by atoms with Gasteiger partial charge in [-0.05, 0) is 72.1 Å². The third kappa shape index (κ3) is 5.61. The maximum absolute atomic E-state index is 12.3.